The molecule has 7 heteroatoms. The lowest BCUT2D eigenvalue weighted by Crippen LogP contribution is -2.11. The average molecular weight is 464 g/mol. The van der Waals surface area contributed by atoms with Crippen LogP contribution < -0.4 is 16.4 Å². The zero-order valence-electron chi connectivity index (χ0n) is 19.3. The number of rotatable bonds is 7. The van der Waals surface area contributed by atoms with E-state index in [-0.39, 0.29) is 0 Å². The summed E-state index contributed by atoms with van der Waals surface area (Å²) in [6, 6.07) is 19.0. The number of primary amides is 1. The van der Waals surface area contributed by atoms with Gasteiger partial charge in [0.05, 0.1) is 23.1 Å². The van der Waals surface area contributed by atoms with Crippen molar-refractivity contribution in [1.82, 2.24) is 10.3 Å². The second-order valence-electron chi connectivity index (χ2n) is 8.41. The Balaban J connectivity index is 1.54. The van der Waals surface area contributed by atoms with Crippen LogP contribution in [0.1, 0.15) is 32.0 Å². The van der Waals surface area contributed by atoms with Crippen molar-refractivity contribution in [3.8, 4) is 11.1 Å². The van der Waals surface area contributed by atoms with Crippen LogP contribution in [0.3, 0.4) is 0 Å². The highest BCUT2D eigenvalue weighted by Crippen LogP contribution is 2.36. The van der Waals surface area contributed by atoms with Crippen LogP contribution in [0.5, 0.6) is 0 Å². The number of aliphatic imine (C=N–C) groups is 1. The summed E-state index contributed by atoms with van der Waals surface area (Å²) in [5.74, 6) is -0.465. The maximum Gasteiger partial charge on any atom is 0.250 e. The minimum Gasteiger partial charge on any atom is -0.366 e. The number of aldehydes is 1. The summed E-state index contributed by atoms with van der Waals surface area (Å²) in [7, 11) is 0. The van der Waals surface area contributed by atoms with E-state index in [1.165, 1.54) is 5.57 Å². The van der Waals surface area contributed by atoms with Crippen molar-refractivity contribution in [2.75, 3.05) is 18.4 Å². The number of nitrogens with one attached hydrogen (secondary N) is 3. The second-order valence-corrected chi connectivity index (χ2v) is 8.41. The molecule has 174 valence electrons. The molecular formula is C28H25N5O2. The quantitative estimate of drug-likeness (QED) is 0.179. The summed E-state index contributed by atoms with van der Waals surface area (Å²) in [6.45, 7) is 3.64. The third kappa shape index (κ3) is 4.25. The molecule has 5 rings (SSSR count). The zero-order valence-corrected chi connectivity index (χ0v) is 19.3. The van der Waals surface area contributed by atoms with Crippen molar-refractivity contribution in [2.24, 2.45) is 10.7 Å². The number of amides is 1. The predicted octanol–water partition coefficient (Wildman–Crippen LogP) is 4.81. The zero-order chi connectivity index (χ0) is 24.4. The monoisotopic (exact) mass is 463 g/mol. The molecule has 2 heterocycles. The summed E-state index contributed by atoms with van der Waals surface area (Å²) in [5, 5.41) is 7.50. The number of H-pyrrole nitrogens is 1. The Morgan fingerprint density at radius 3 is 2.71 bits per heavy atom. The number of nitrogens with two attached hydrogens (primary N) is 1. The van der Waals surface area contributed by atoms with Gasteiger partial charge in [-0.3, -0.25) is 9.59 Å². The molecule has 7 nitrogen and oxygen atoms in total. The molecule has 0 bridgehead atoms. The van der Waals surface area contributed by atoms with Gasteiger partial charge in [0.2, 0.25) is 0 Å². The summed E-state index contributed by atoms with van der Waals surface area (Å²) in [6.07, 6.45) is 4.53. The first-order valence-electron chi connectivity index (χ1n) is 11.4. The minimum absolute atomic E-state index is 0.465. The highest BCUT2D eigenvalue weighted by Gasteiger charge is 2.18. The molecule has 1 aliphatic heterocycles. The molecule has 3 aromatic carbocycles. The molecule has 0 radical (unpaired) electrons. The number of aromatic amines is 1. The standard InChI is InChI=1S/C28H25N5O2/c1-17-20(6-4-8-24(17)31-16-32-25-7-3-2-5-19(25)15-34)21-9-10-22(28(29)35)27-23(21)13-26(33-27)18-11-12-30-14-18/h2-11,13,15-16,30,33H,12,14H2,1H3,(H2,29,35)(H,31,32). The number of anilines is 1. The fraction of sp³-hybridized carbons (Fsp3) is 0.107. The van der Waals surface area contributed by atoms with Crippen LogP contribution in [-0.2, 0) is 0 Å². The molecule has 0 saturated carbocycles. The Bertz CT molecular complexity index is 1510. The lowest BCUT2D eigenvalue weighted by atomic mass is 9.94. The molecule has 0 fully saturated rings. The number of nitrogens with zero attached hydrogens (tertiary/aromatic N) is 1. The van der Waals surface area contributed by atoms with Gasteiger partial charge in [-0.1, -0.05) is 36.4 Å². The van der Waals surface area contributed by atoms with Crippen LogP contribution in [0.25, 0.3) is 27.6 Å². The van der Waals surface area contributed by atoms with Gasteiger partial charge in [-0.05, 0) is 59.5 Å². The molecule has 1 aromatic heterocycles. The molecule has 0 unspecified atom stereocenters. The van der Waals surface area contributed by atoms with Gasteiger partial charge in [-0.2, -0.15) is 0 Å². The molecular weight excluding hydrogens is 438 g/mol. The molecule has 0 saturated heterocycles. The molecule has 0 atom stereocenters. The average Bonchev–Trinajstić information content (AvgIpc) is 3.55. The number of hydrogen-bond acceptors (Lipinski definition) is 4. The summed E-state index contributed by atoms with van der Waals surface area (Å²) in [4.78, 5) is 31.2. The van der Waals surface area contributed by atoms with Gasteiger partial charge in [-0.15, -0.1) is 0 Å². The van der Waals surface area contributed by atoms with E-state index >= 15 is 0 Å². The van der Waals surface area contributed by atoms with Crippen molar-refractivity contribution in [1.29, 1.82) is 0 Å². The molecule has 4 aromatic rings. The van der Waals surface area contributed by atoms with Gasteiger partial charge in [0.25, 0.3) is 5.91 Å². The summed E-state index contributed by atoms with van der Waals surface area (Å²) in [5.41, 5.74) is 14.1. The van der Waals surface area contributed by atoms with E-state index in [1.54, 1.807) is 30.6 Å². The van der Waals surface area contributed by atoms with E-state index in [9.17, 15) is 9.59 Å². The van der Waals surface area contributed by atoms with Crippen molar-refractivity contribution < 1.29 is 9.59 Å². The summed E-state index contributed by atoms with van der Waals surface area (Å²) >= 11 is 0. The number of aromatic nitrogens is 1. The van der Waals surface area contributed by atoms with Crippen LogP contribution in [0.15, 0.2) is 71.7 Å². The molecule has 35 heavy (non-hydrogen) atoms. The van der Waals surface area contributed by atoms with Gasteiger partial charge >= 0.3 is 0 Å². The Hall–Kier alpha value is -4.49. The lowest BCUT2D eigenvalue weighted by molar-refractivity contribution is 0.100. The van der Waals surface area contributed by atoms with Gasteiger partial charge in [-0.25, -0.2) is 4.99 Å². The van der Waals surface area contributed by atoms with Crippen LogP contribution in [-0.4, -0.2) is 36.6 Å². The Morgan fingerprint density at radius 1 is 1.09 bits per heavy atom. The Labute approximate surface area is 202 Å². The van der Waals surface area contributed by atoms with E-state index in [4.69, 9.17) is 5.73 Å². The van der Waals surface area contributed by atoms with Crippen LogP contribution >= 0.6 is 0 Å². The number of hydrogen-bond donors (Lipinski definition) is 4. The normalized spacial score (nSPS) is 13.3. The van der Waals surface area contributed by atoms with Crippen LogP contribution in [0, 0.1) is 6.92 Å². The minimum atomic E-state index is -0.465. The highest BCUT2D eigenvalue weighted by molar-refractivity contribution is 6.10. The van der Waals surface area contributed by atoms with Crippen LogP contribution in [0.2, 0.25) is 0 Å². The largest absolute Gasteiger partial charge is 0.366 e. The Kier molecular flexibility index (Phi) is 5.99. The Morgan fingerprint density at radius 2 is 1.94 bits per heavy atom. The molecule has 1 aliphatic rings. The van der Waals surface area contributed by atoms with Gasteiger partial charge in [0, 0.05) is 35.4 Å². The van der Waals surface area contributed by atoms with E-state index < -0.39 is 5.91 Å². The van der Waals surface area contributed by atoms with Crippen molar-refractivity contribution in [3.05, 3.63) is 89.1 Å². The number of fused-ring (bicyclic) bond motifs is 1. The van der Waals surface area contributed by atoms with Gasteiger partial charge in [0.15, 0.2) is 6.29 Å². The van der Waals surface area contributed by atoms with Crippen molar-refractivity contribution in [3.63, 3.8) is 0 Å². The molecule has 1 amide bonds. The second kappa shape index (κ2) is 9.40. The van der Waals surface area contributed by atoms with Crippen LogP contribution in [0.4, 0.5) is 11.4 Å². The number of para-hydroxylation sites is 1. The fourth-order valence-corrected chi connectivity index (χ4v) is 4.47. The van der Waals surface area contributed by atoms with Gasteiger partial charge < -0.3 is 21.4 Å². The first kappa shape index (κ1) is 22.3. The maximum absolute atomic E-state index is 12.1. The van der Waals surface area contributed by atoms with E-state index in [2.05, 4.69) is 38.8 Å². The smallest absolute Gasteiger partial charge is 0.250 e. The summed E-state index contributed by atoms with van der Waals surface area (Å²) < 4.78 is 0. The first-order chi connectivity index (χ1) is 17.1. The van der Waals surface area contributed by atoms with E-state index in [0.717, 1.165) is 58.4 Å². The van der Waals surface area contributed by atoms with E-state index in [0.29, 0.717) is 16.8 Å². The van der Waals surface area contributed by atoms with Gasteiger partial charge in [0.1, 0.15) is 0 Å². The fourth-order valence-electron chi connectivity index (χ4n) is 4.47. The SMILES string of the molecule is Cc1c(NC=Nc2ccccc2C=O)cccc1-c1ccc(C(N)=O)c2[nH]c(C3=CCNC3)cc12. The molecule has 0 spiro atoms. The lowest BCUT2D eigenvalue weighted by Gasteiger charge is -2.13. The first-order valence-corrected chi connectivity index (χ1v) is 11.4. The number of benzene rings is 3. The number of carbonyl (C=O) groups is 2. The van der Waals surface area contributed by atoms with E-state index in [1.807, 2.05) is 31.2 Å². The predicted molar refractivity (Wildman–Crippen MR) is 141 cm³/mol. The third-order valence-corrected chi connectivity index (χ3v) is 6.32. The van der Waals surface area contributed by atoms with Crippen molar-refractivity contribution >= 4 is 46.4 Å². The van der Waals surface area contributed by atoms with Crippen molar-refractivity contribution in [2.45, 2.75) is 6.92 Å². The number of carbonyl (C=O) groups excluding carboxylic acids is 2. The molecule has 5 N–H and O–H groups in total. The highest BCUT2D eigenvalue weighted by atomic mass is 16.1. The maximum atomic E-state index is 12.1. The third-order valence-electron chi connectivity index (χ3n) is 6.32. The topological polar surface area (TPSA) is 112 Å². The molecule has 0 aliphatic carbocycles.